The zero-order chi connectivity index (χ0) is 9.42. The highest BCUT2D eigenvalue weighted by molar-refractivity contribution is 9.11. The maximum atomic E-state index is 13.1. The van der Waals surface area contributed by atoms with Gasteiger partial charge in [0.15, 0.2) is 0 Å². The van der Waals surface area contributed by atoms with Crippen molar-refractivity contribution in [3.05, 3.63) is 33.4 Å². The lowest BCUT2D eigenvalue weighted by Gasteiger charge is -1.98. The highest BCUT2D eigenvalue weighted by Gasteiger charge is 2.05. The van der Waals surface area contributed by atoms with Crippen LogP contribution in [0.25, 0.3) is 10.1 Å². The van der Waals surface area contributed by atoms with Crippen molar-refractivity contribution in [2.24, 2.45) is 0 Å². The Kier molecular flexibility index (Phi) is 2.39. The molecule has 0 aliphatic rings. The average Bonchev–Trinajstić information content (AvgIpc) is 2.43. The van der Waals surface area contributed by atoms with Gasteiger partial charge in [0.05, 0.1) is 3.79 Å². The molecule has 0 aliphatic heterocycles. The molecule has 0 spiro atoms. The summed E-state index contributed by atoms with van der Waals surface area (Å²) in [5, 5.41) is 1.17. The second kappa shape index (κ2) is 3.39. The average molecular weight is 259 g/mol. The van der Waals surface area contributed by atoms with Crippen molar-refractivity contribution in [2.45, 2.75) is 13.3 Å². The molecule has 0 radical (unpaired) electrons. The number of benzene rings is 1. The van der Waals surface area contributed by atoms with Crippen LogP contribution in [0, 0.1) is 5.82 Å². The van der Waals surface area contributed by atoms with Gasteiger partial charge in [-0.05, 0) is 51.5 Å². The molecule has 13 heavy (non-hydrogen) atoms. The number of halogens is 2. The van der Waals surface area contributed by atoms with Gasteiger partial charge in [-0.25, -0.2) is 4.39 Å². The summed E-state index contributed by atoms with van der Waals surface area (Å²) >= 11 is 4.98. The van der Waals surface area contributed by atoms with Crippen LogP contribution in [-0.2, 0) is 6.42 Å². The first kappa shape index (κ1) is 9.16. The van der Waals surface area contributed by atoms with Gasteiger partial charge >= 0.3 is 0 Å². The highest BCUT2D eigenvalue weighted by atomic mass is 79.9. The van der Waals surface area contributed by atoms with Gasteiger partial charge in [0, 0.05) is 4.70 Å². The quantitative estimate of drug-likeness (QED) is 0.713. The van der Waals surface area contributed by atoms with Crippen LogP contribution in [0.5, 0.6) is 0 Å². The molecule has 0 nitrogen and oxygen atoms in total. The molecule has 2 rings (SSSR count). The molecule has 3 heteroatoms. The first-order chi connectivity index (χ1) is 6.20. The Morgan fingerprint density at radius 3 is 2.85 bits per heavy atom. The molecule has 0 saturated carbocycles. The maximum absolute atomic E-state index is 13.1. The van der Waals surface area contributed by atoms with Gasteiger partial charge in [0.1, 0.15) is 5.82 Å². The molecule has 0 unspecified atom stereocenters. The predicted octanol–water partition coefficient (Wildman–Crippen LogP) is 4.37. The minimum atomic E-state index is -0.140. The normalized spacial score (nSPS) is 11.0. The molecule has 0 atom stereocenters. The fourth-order valence-corrected chi connectivity index (χ4v) is 3.05. The number of hydrogen-bond acceptors (Lipinski definition) is 1. The van der Waals surface area contributed by atoms with E-state index in [4.69, 9.17) is 0 Å². The van der Waals surface area contributed by atoms with Gasteiger partial charge in [-0.1, -0.05) is 6.92 Å². The van der Waals surface area contributed by atoms with Crippen molar-refractivity contribution in [1.82, 2.24) is 0 Å². The smallest absolute Gasteiger partial charge is 0.124 e. The second-order valence-corrected chi connectivity index (χ2v) is 5.34. The first-order valence-electron chi connectivity index (χ1n) is 4.08. The largest absolute Gasteiger partial charge is 0.207 e. The Balaban J connectivity index is 2.80. The van der Waals surface area contributed by atoms with Crippen LogP contribution in [-0.4, -0.2) is 0 Å². The Morgan fingerprint density at radius 1 is 1.38 bits per heavy atom. The van der Waals surface area contributed by atoms with E-state index < -0.39 is 0 Å². The van der Waals surface area contributed by atoms with E-state index in [-0.39, 0.29) is 5.82 Å². The molecule has 0 fully saturated rings. The maximum Gasteiger partial charge on any atom is 0.124 e. The molecule has 1 aromatic carbocycles. The van der Waals surface area contributed by atoms with Crippen molar-refractivity contribution in [1.29, 1.82) is 0 Å². The number of fused-ring (bicyclic) bond motifs is 1. The lowest BCUT2D eigenvalue weighted by Crippen LogP contribution is -1.82. The number of aryl methyl sites for hydroxylation is 1. The van der Waals surface area contributed by atoms with E-state index in [2.05, 4.69) is 22.0 Å². The Labute approximate surface area is 88.5 Å². The second-order valence-electron chi connectivity index (χ2n) is 2.88. The molecule has 68 valence electrons. The van der Waals surface area contributed by atoms with E-state index in [1.54, 1.807) is 23.5 Å². The molecule has 0 N–H and O–H groups in total. The van der Waals surface area contributed by atoms with Crippen molar-refractivity contribution < 1.29 is 4.39 Å². The fourth-order valence-electron chi connectivity index (χ4n) is 1.44. The Bertz CT molecular complexity index is 447. The van der Waals surface area contributed by atoms with Crippen molar-refractivity contribution in [3.63, 3.8) is 0 Å². The first-order valence-corrected chi connectivity index (χ1v) is 5.69. The molecule has 1 heterocycles. The summed E-state index contributed by atoms with van der Waals surface area (Å²) in [5.74, 6) is -0.140. The standard InChI is InChI=1S/C10H8BrFS/c1-2-6-3-7(12)4-9-8(6)5-10(11)13-9/h3-5H,2H2,1H3. The SMILES string of the molecule is CCc1cc(F)cc2sc(Br)cc12. The molecular weight excluding hydrogens is 251 g/mol. The Hall–Kier alpha value is -0.410. The third kappa shape index (κ3) is 1.63. The molecule has 2 aromatic rings. The zero-order valence-electron chi connectivity index (χ0n) is 7.10. The van der Waals surface area contributed by atoms with Crippen molar-refractivity contribution in [2.75, 3.05) is 0 Å². The molecule has 0 bridgehead atoms. The molecule has 1 aromatic heterocycles. The summed E-state index contributed by atoms with van der Waals surface area (Å²) in [7, 11) is 0. The molecular formula is C10H8BrFS. The number of hydrogen-bond donors (Lipinski definition) is 0. The Morgan fingerprint density at radius 2 is 2.15 bits per heavy atom. The molecule has 0 amide bonds. The summed E-state index contributed by atoms with van der Waals surface area (Å²) in [4.78, 5) is 0. The summed E-state index contributed by atoms with van der Waals surface area (Å²) in [6, 6.07) is 5.25. The topological polar surface area (TPSA) is 0 Å². The third-order valence-corrected chi connectivity index (χ3v) is 3.62. The van der Waals surface area contributed by atoms with Gasteiger partial charge in [-0.15, -0.1) is 11.3 Å². The van der Waals surface area contributed by atoms with E-state index >= 15 is 0 Å². The van der Waals surface area contributed by atoms with Crippen LogP contribution in [0.2, 0.25) is 0 Å². The van der Waals surface area contributed by atoms with E-state index in [0.717, 1.165) is 20.5 Å². The number of rotatable bonds is 1. The van der Waals surface area contributed by atoms with Gasteiger partial charge in [0.25, 0.3) is 0 Å². The highest BCUT2D eigenvalue weighted by Crippen LogP contribution is 2.32. The zero-order valence-corrected chi connectivity index (χ0v) is 9.51. The van der Waals surface area contributed by atoms with Crippen LogP contribution in [0.4, 0.5) is 4.39 Å². The van der Waals surface area contributed by atoms with Gasteiger partial charge in [-0.3, -0.25) is 0 Å². The van der Waals surface area contributed by atoms with Gasteiger partial charge in [-0.2, -0.15) is 0 Å². The van der Waals surface area contributed by atoms with Crippen LogP contribution in [0.3, 0.4) is 0 Å². The van der Waals surface area contributed by atoms with Gasteiger partial charge < -0.3 is 0 Å². The van der Waals surface area contributed by atoms with Crippen LogP contribution >= 0.6 is 27.3 Å². The van der Waals surface area contributed by atoms with E-state index in [1.165, 1.54) is 5.39 Å². The van der Waals surface area contributed by atoms with E-state index in [0.29, 0.717) is 0 Å². The monoisotopic (exact) mass is 258 g/mol. The lowest BCUT2D eigenvalue weighted by molar-refractivity contribution is 0.628. The van der Waals surface area contributed by atoms with Crippen LogP contribution in [0.1, 0.15) is 12.5 Å². The predicted molar refractivity (Wildman–Crippen MR) is 58.9 cm³/mol. The van der Waals surface area contributed by atoms with Crippen LogP contribution < -0.4 is 0 Å². The van der Waals surface area contributed by atoms with Crippen molar-refractivity contribution >= 4 is 37.4 Å². The fraction of sp³-hybridized carbons (Fsp3) is 0.200. The summed E-state index contributed by atoms with van der Waals surface area (Å²) in [5.41, 5.74) is 1.08. The minimum absolute atomic E-state index is 0.140. The number of thiophene rings is 1. The minimum Gasteiger partial charge on any atom is -0.207 e. The summed E-state index contributed by atoms with van der Waals surface area (Å²) in [6.07, 6.45) is 0.872. The lowest BCUT2D eigenvalue weighted by atomic mass is 10.1. The van der Waals surface area contributed by atoms with Gasteiger partial charge in [0.2, 0.25) is 0 Å². The summed E-state index contributed by atoms with van der Waals surface area (Å²) in [6.45, 7) is 2.04. The van der Waals surface area contributed by atoms with E-state index in [9.17, 15) is 4.39 Å². The molecule has 0 aliphatic carbocycles. The van der Waals surface area contributed by atoms with E-state index in [1.807, 2.05) is 6.92 Å². The summed E-state index contributed by atoms with van der Waals surface area (Å²) < 4.78 is 15.2. The molecule has 0 saturated heterocycles. The van der Waals surface area contributed by atoms with Crippen molar-refractivity contribution in [3.8, 4) is 0 Å². The third-order valence-electron chi connectivity index (χ3n) is 2.04. The van der Waals surface area contributed by atoms with Crippen LogP contribution in [0.15, 0.2) is 22.0 Å².